The van der Waals surface area contributed by atoms with Gasteiger partial charge in [0.2, 0.25) is 0 Å². The normalized spacial score (nSPS) is 21.3. The van der Waals surface area contributed by atoms with Gasteiger partial charge in [-0.05, 0) is 46.4 Å². The molecule has 3 N–H and O–H groups in total. The Bertz CT molecular complexity index is 1510. The first-order valence-corrected chi connectivity index (χ1v) is 14.5. The van der Waals surface area contributed by atoms with Crippen LogP contribution < -0.4 is 5.32 Å². The van der Waals surface area contributed by atoms with Crippen LogP contribution in [-0.2, 0) is 20.7 Å². The molecule has 0 radical (unpaired) electrons. The third-order valence-electron chi connectivity index (χ3n) is 8.26. The number of esters is 1. The maximum absolute atomic E-state index is 12.8. The van der Waals surface area contributed by atoms with Crippen LogP contribution in [0.5, 0.6) is 0 Å². The Morgan fingerprint density at radius 1 is 1.00 bits per heavy atom. The number of carbonyl (C=O) groups is 3. The lowest BCUT2D eigenvalue weighted by Gasteiger charge is -2.30. The monoisotopic (exact) mass is 583 g/mol. The second-order valence-corrected chi connectivity index (χ2v) is 11.0. The van der Waals surface area contributed by atoms with E-state index >= 15 is 0 Å². The highest BCUT2D eigenvalue weighted by atomic mass is 16.5. The fraction of sp³-hybridized carbons (Fsp3) is 0.333. The maximum atomic E-state index is 12.8. The first-order valence-electron chi connectivity index (χ1n) is 14.5. The van der Waals surface area contributed by atoms with Crippen LogP contribution in [0.2, 0.25) is 0 Å². The van der Waals surface area contributed by atoms with Crippen molar-refractivity contribution in [1.29, 1.82) is 0 Å². The van der Waals surface area contributed by atoms with E-state index in [2.05, 4.69) is 34.6 Å². The Morgan fingerprint density at radius 2 is 1.67 bits per heavy atom. The number of carbonyl (C=O) groups excluding carboxylic acids is 3. The van der Waals surface area contributed by atoms with Gasteiger partial charge in [0.15, 0.2) is 0 Å². The third-order valence-corrected chi connectivity index (χ3v) is 8.26. The molecule has 3 amide bonds. The number of urea groups is 1. The average Bonchev–Trinajstić information content (AvgIpc) is 3.56. The van der Waals surface area contributed by atoms with E-state index < -0.39 is 30.4 Å². The minimum absolute atomic E-state index is 0.0174. The van der Waals surface area contributed by atoms with Crippen molar-refractivity contribution in [3.63, 3.8) is 0 Å². The summed E-state index contributed by atoms with van der Waals surface area (Å²) in [6.45, 7) is 0.218. The fourth-order valence-electron chi connectivity index (χ4n) is 5.95. The highest BCUT2D eigenvalue weighted by molar-refractivity contribution is 6.09. The van der Waals surface area contributed by atoms with Gasteiger partial charge in [-0.3, -0.25) is 14.5 Å². The molecule has 1 saturated heterocycles. The highest BCUT2D eigenvalue weighted by Crippen LogP contribution is 2.44. The zero-order chi connectivity index (χ0) is 29.9. The van der Waals surface area contributed by atoms with Crippen LogP contribution >= 0.6 is 0 Å². The number of aliphatic hydroxyl groups is 2. The van der Waals surface area contributed by atoms with Crippen molar-refractivity contribution in [2.75, 3.05) is 19.8 Å². The van der Waals surface area contributed by atoms with Crippen molar-refractivity contribution in [3.8, 4) is 11.1 Å². The number of nitrogens with one attached hydrogen (secondary N) is 1. The molecule has 0 bridgehead atoms. The van der Waals surface area contributed by atoms with Crippen molar-refractivity contribution < 1.29 is 34.1 Å². The molecule has 1 fully saturated rings. The Kier molecular flexibility index (Phi) is 8.33. The number of benzene rings is 3. The predicted octanol–water partition coefficient (Wildman–Crippen LogP) is 3.40. The minimum Gasteiger partial charge on any atom is -0.465 e. The lowest BCUT2D eigenvalue weighted by atomic mass is 9.98. The van der Waals surface area contributed by atoms with Gasteiger partial charge in [-0.1, -0.05) is 60.7 Å². The van der Waals surface area contributed by atoms with Crippen LogP contribution in [0.1, 0.15) is 52.2 Å². The van der Waals surface area contributed by atoms with Crippen LogP contribution in [0.15, 0.2) is 77.8 Å². The van der Waals surface area contributed by atoms with Crippen molar-refractivity contribution in [1.82, 2.24) is 10.2 Å². The van der Waals surface area contributed by atoms with Crippen LogP contribution in [0.4, 0.5) is 4.79 Å². The summed E-state index contributed by atoms with van der Waals surface area (Å²) in [7, 11) is 0. The number of fused-ring (bicyclic) bond motifs is 3. The van der Waals surface area contributed by atoms with Gasteiger partial charge in [-0.2, -0.15) is 4.99 Å². The topological polar surface area (TPSA) is 138 Å². The third kappa shape index (κ3) is 6.08. The number of amides is 3. The molecule has 10 nitrogen and oxygen atoms in total. The van der Waals surface area contributed by atoms with Gasteiger partial charge in [0.25, 0.3) is 5.91 Å². The van der Waals surface area contributed by atoms with Gasteiger partial charge < -0.3 is 25.0 Å². The van der Waals surface area contributed by atoms with E-state index in [0.717, 1.165) is 5.56 Å². The molecule has 0 saturated carbocycles. The molecule has 2 heterocycles. The minimum atomic E-state index is -0.852. The summed E-state index contributed by atoms with van der Waals surface area (Å²) in [5.41, 5.74) is 6.00. The highest BCUT2D eigenvalue weighted by Gasteiger charge is 2.39. The van der Waals surface area contributed by atoms with E-state index in [9.17, 15) is 24.6 Å². The number of nitrogens with zero attached hydrogens (tertiary/aromatic N) is 2. The molecule has 0 aromatic heterocycles. The van der Waals surface area contributed by atoms with E-state index in [1.807, 2.05) is 24.3 Å². The number of rotatable bonds is 8. The predicted molar refractivity (Wildman–Crippen MR) is 157 cm³/mol. The van der Waals surface area contributed by atoms with Gasteiger partial charge in [0.05, 0.1) is 12.7 Å². The van der Waals surface area contributed by atoms with Crippen molar-refractivity contribution >= 4 is 23.7 Å². The Hall–Kier alpha value is -4.38. The largest absolute Gasteiger partial charge is 0.465 e. The molecule has 0 unspecified atom stereocenters. The van der Waals surface area contributed by atoms with Crippen LogP contribution in [0, 0.1) is 0 Å². The molecule has 3 atom stereocenters. The molecule has 2 aliphatic heterocycles. The number of aryl methyl sites for hydroxylation is 1. The molecule has 43 heavy (non-hydrogen) atoms. The molecule has 10 heteroatoms. The van der Waals surface area contributed by atoms with Gasteiger partial charge in [0, 0.05) is 37.3 Å². The summed E-state index contributed by atoms with van der Waals surface area (Å²) < 4.78 is 11.2. The molecule has 222 valence electrons. The van der Waals surface area contributed by atoms with Gasteiger partial charge >= 0.3 is 12.0 Å². The Morgan fingerprint density at radius 3 is 2.30 bits per heavy atom. The second kappa shape index (κ2) is 12.5. The van der Waals surface area contributed by atoms with Crippen molar-refractivity contribution in [3.05, 3.63) is 95.1 Å². The first-order chi connectivity index (χ1) is 20.9. The smallest absolute Gasteiger partial charge is 0.347 e. The number of ether oxygens (including phenoxy) is 2. The molecule has 3 aromatic rings. The van der Waals surface area contributed by atoms with E-state index in [1.165, 1.54) is 27.2 Å². The summed E-state index contributed by atoms with van der Waals surface area (Å²) in [5, 5.41) is 21.9. The summed E-state index contributed by atoms with van der Waals surface area (Å²) in [5.74, 6) is -0.398. The van der Waals surface area contributed by atoms with Crippen molar-refractivity contribution in [2.45, 2.75) is 50.0 Å². The molecule has 6 rings (SSSR count). The number of aliphatic hydroxyl groups excluding tert-OH is 2. The number of aliphatic imine (C=N–C) groups is 1. The molecule has 1 aliphatic carbocycles. The molecule has 0 spiro atoms. The van der Waals surface area contributed by atoms with E-state index in [1.54, 1.807) is 24.3 Å². The average molecular weight is 584 g/mol. The summed E-state index contributed by atoms with van der Waals surface area (Å²) in [4.78, 5) is 43.3. The Balaban J connectivity index is 0.977. The fourth-order valence-corrected chi connectivity index (χ4v) is 5.95. The second-order valence-electron chi connectivity index (χ2n) is 11.0. The summed E-state index contributed by atoms with van der Waals surface area (Å²) in [6.07, 6.45) is -1.04. The SMILES string of the molecule is O=C(CCc1ccc(C(=O)NC2=NC(=O)N([C@H]3C[C@@H](O)[C@@H](CO)O3)CC2)cc1)OCC1c2ccccc2-c2ccccc21. The summed E-state index contributed by atoms with van der Waals surface area (Å²) >= 11 is 0. The maximum Gasteiger partial charge on any atom is 0.347 e. The molecule has 3 aromatic carbocycles. The van der Waals surface area contributed by atoms with Crippen LogP contribution in [0.25, 0.3) is 11.1 Å². The molecular formula is C33H33N3O7. The first kappa shape index (κ1) is 28.7. The van der Waals surface area contributed by atoms with E-state index in [-0.39, 0.29) is 50.3 Å². The van der Waals surface area contributed by atoms with Gasteiger partial charge in [-0.25, -0.2) is 4.79 Å². The zero-order valence-electron chi connectivity index (χ0n) is 23.5. The zero-order valence-corrected chi connectivity index (χ0v) is 23.5. The Labute approximate surface area is 249 Å². The lowest BCUT2D eigenvalue weighted by Crippen LogP contribution is -2.46. The molecular weight excluding hydrogens is 550 g/mol. The van der Waals surface area contributed by atoms with Gasteiger partial charge in [-0.15, -0.1) is 0 Å². The van der Waals surface area contributed by atoms with E-state index in [4.69, 9.17) is 9.47 Å². The van der Waals surface area contributed by atoms with Crippen LogP contribution in [-0.4, -0.2) is 77.1 Å². The molecule has 3 aliphatic rings. The van der Waals surface area contributed by atoms with Crippen LogP contribution in [0.3, 0.4) is 0 Å². The summed E-state index contributed by atoms with van der Waals surface area (Å²) in [6, 6.07) is 22.8. The quantitative estimate of drug-likeness (QED) is 0.346. The standard InChI is InChI=1S/C33H33N3O7/c37-18-28-27(38)17-30(43-28)36-16-15-29(35-33(36)41)34-32(40)21-12-9-20(10-13-21)11-14-31(39)42-19-26-24-7-3-1-5-22(24)23-6-2-4-8-25(23)26/h1-10,12-13,26-28,30,37-38H,11,14-19H2,(H,34,35,40,41)/t27-,28-,30-/m1/s1. The number of hydrogen-bond acceptors (Lipinski definition) is 7. The lowest BCUT2D eigenvalue weighted by molar-refractivity contribution is -0.143. The van der Waals surface area contributed by atoms with Crippen molar-refractivity contribution in [2.24, 2.45) is 4.99 Å². The number of amidine groups is 1. The van der Waals surface area contributed by atoms with E-state index in [0.29, 0.717) is 18.4 Å². The van der Waals surface area contributed by atoms with Gasteiger partial charge in [0.1, 0.15) is 24.8 Å². The number of hydrogen-bond donors (Lipinski definition) is 3.